The lowest BCUT2D eigenvalue weighted by Gasteiger charge is -1.97. The molecule has 0 atom stereocenters. The van der Waals surface area contributed by atoms with Crippen molar-refractivity contribution in [1.82, 2.24) is 0 Å². The third-order valence-corrected chi connectivity index (χ3v) is 1.46. The number of phenolic OH excluding ortho intramolecular Hbond substituents is 1. The third-order valence-electron chi connectivity index (χ3n) is 1.24. The van der Waals surface area contributed by atoms with Gasteiger partial charge in [-0.3, -0.25) is 0 Å². The van der Waals surface area contributed by atoms with Gasteiger partial charge in [-0.25, -0.2) is 0 Å². The van der Waals surface area contributed by atoms with Crippen LogP contribution in [0.3, 0.4) is 0 Å². The summed E-state index contributed by atoms with van der Waals surface area (Å²) in [7, 11) is 0. The quantitative estimate of drug-likeness (QED) is 0.661. The predicted molar refractivity (Wildman–Crippen MR) is 42.2 cm³/mol. The van der Waals surface area contributed by atoms with E-state index in [1.54, 1.807) is 12.1 Å². The van der Waals surface area contributed by atoms with Gasteiger partial charge in [0.25, 0.3) is 0 Å². The Morgan fingerprint density at radius 1 is 1.40 bits per heavy atom. The van der Waals surface area contributed by atoms with E-state index in [0.29, 0.717) is 5.02 Å². The van der Waals surface area contributed by atoms with Crippen molar-refractivity contribution in [3.8, 4) is 5.75 Å². The highest BCUT2D eigenvalue weighted by molar-refractivity contribution is 6.30. The molecule has 0 amide bonds. The van der Waals surface area contributed by atoms with Gasteiger partial charge < -0.3 is 5.11 Å². The molecule has 0 fully saturated rings. The Labute approximate surface area is 65.3 Å². The van der Waals surface area contributed by atoms with E-state index < -0.39 is 0 Å². The molecule has 0 saturated carbocycles. The molecule has 0 spiro atoms. The summed E-state index contributed by atoms with van der Waals surface area (Å²) in [5.41, 5.74) is 0.935. The molecule has 1 aromatic rings. The molecule has 53 valence electrons. The van der Waals surface area contributed by atoms with Crippen molar-refractivity contribution in [3.63, 3.8) is 0 Å². The maximum Gasteiger partial charge on any atom is 0.117 e. The lowest BCUT2D eigenvalue weighted by molar-refractivity contribution is 0.475. The van der Waals surface area contributed by atoms with Crippen molar-refractivity contribution in [3.05, 3.63) is 35.2 Å². The zero-order valence-corrected chi connectivity index (χ0v) is 6.39. The summed E-state index contributed by atoms with van der Waals surface area (Å²) < 4.78 is 0. The van der Waals surface area contributed by atoms with Crippen LogP contribution in [0.25, 0.3) is 0 Å². The zero-order chi connectivity index (χ0) is 7.56. The van der Waals surface area contributed by atoms with Crippen LogP contribution in [0.4, 0.5) is 0 Å². The Bertz CT molecular complexity index is 212. The number of phenols is 1. The number of benzene rings is 1. The summed E-state index contributed by atoms with van der Waals surface area (Å²) in [6.45, 7) is 1.89. The SMILES string of the molecule is C[CH]c1cc(O)cc(Cl)c1. The Morgan fingerprint density at radius 3 is 2.60 bits per heavy atom. The lowest BCUT2D eigenvalue weighted by Crippen LogP contribution is -1.75. The van der Waals surface area contributed by atoms with Crippen molar-refractivity contribution in [1.29, 1.82) is 0 Å². The van der Waals surface area contributed by atoms with Crippen LogP contribution in [0.5, 0.6) is 5.75 Å². The van der Waals surface area contributed by atoms with Gasteiger partial charge in [0.15, 0.2) is 0 Å². The van der Waals surface area contributed by atoms with Gasteiger partial charge in [0.1, 0.15) is 5.75 Å². The molecule has 2 heteroatoms. The number of halogens is 1. The van der Waals surface area contributed by atoms with Crippen LogP contribution in [0.2, 0.25) is 5.02 Å². The highest BCUT2D eigenvalue weighted by atomic mass is 35.5. The van der Waals surface area contributed by atoms with Gasteiger partial charge in [0.05, 0.1) is 0 Å². The first-order chi connectivity index (χ1) is 4.72. The Hall–Kier alpha value is -0.690. The second-order valence-electron chi connectivity index (χ2n) is 2.03. The first-order valence-electron chi connectivity index (χ1n) is 3.01. The van der Waals surface area contributed by atoms with E-state index in [9.17, 15) is 0 Å². The first kappa shape index (κ1) is 7.42. The van der Waals surface area contributed by atoms with Crippen LogP contribution in [0.15, 0.2) is 18.2 Å². The van der Waals surface area contributed by atoms with E-state index in [2.05, 4.69) is 0 Å². The van der Waals surface area contributed by atoms with Crippen LogP contribution < -0.4 is 0 Å². The molecule has 0 saturated heterocycles. The molecule has 0 aromatic heterocycles. The number of hydrogen-bond acceptors (Lipinski definition) is 1. The van der Waals surface area contributed by atoms with Crippen LogP contribution in [-0.2, 0) is 0 Å². The van der Waals surface area contributed by atoms with Crippen LogP contribution in [0, 0.1) is 6.42 Å². The second kappa shape index (κ2) is 2.93. The molecule has 1 radical (unpaired) electrons. The van der Waals surface area contributed by atoms with E-state index in [1.165, 1.54) is 6.07 Å². The monoisotopic (exact) mass is 155 g/mol. The average Bonchev–Trinajstić information content (AvgIpc) is 1.85. The molecule has 0 aliphatic carbocycles. The highest BCUT2D eigenvalue weighted by Crippen LogP contribution is 2.20. The van der Waals surface area contributed by atoms with Crippen LogP contribution in [-0.4, -0.2) is 5.11 Å². The van der Waals surface area contributed by atoms with Crippen molar-refractivity contribution < 1.29 is 5.11 Å². The highest BCUT2D eigenvalue weighted by Gasteiger charge is 1.94. The van der Waals surface area contributed by atoms with Crippen LogP contribution in [0.1, 0.15) is 12.5 Å². The molecule has 0 heterocycles. The van der Waals surface area contributed by atoms with Crippen molar-refractivity contribution in [2.75, 3.05) is 0 Å². The lowest BCUT2D eigenvalue weighted by atomic mass is 10.2. The minimum atomic E-state index is 0.209. The third kappa shape index (κ3) is 1.64. The van der Waals surface area contributed by atoms with E-state index >= 15 is 0 Å². The van der Waals surface area contributed by atoms with Gasteiger partial charge in [0.2, 0.25) is 0 Å². The van der Waals surface area contributed by atoms with E-state index in [4.69, 9.17) is 16.7 Å². The van der Waals surface area contributed by atoms with Crippen LogP contribution >= 0.6 is 11.6 Å². The fraction of sp³-hybridized carbons (Fsp3) is 0.125. The smallest absolute Gasteiger partial charge is 0.117 e. The molecule has 1 aromatic carbocycles. The minimum absolute atomic E-state index is 0.209. The van der Waals surface area contributed by atoms with Crippen molar-refractivity contribution in [2.45, 2.75) is 6.92 Å². The van der Waals surface area contributed by atoms with Crippen molar-refractivity contribution >= 4 is 11.6 Å². The number of hydrogen-bond donors (Lipinski definition) is 1. The number of rotatable bonds is 1. The Kier molecular flexibility index (Phi) is 2.17. The van der Waals surface area contributed by atoms with Gasteiger partial charge in [0, 0.05) is 5.02 Å². The molecule has 0 aliphatic heterocycles. The zero-order valence-electron chi connectivity index (χ0n) is 5.63. The van der Waals surface area contributed by atoms with Gasteiger partial charge in [-0.05, 0) is 30.2 Å². The Balaban J connectivity index is 3.06. The Morgan fingerprint density at radius 2 is 2.10 bits per heavy atom. The molecular weight excluding hydrogens is 148 g/mol. The van der Waals surface area contributed by atoms with Gasteiger partial charge >= 0.3 is 0 Å². The predicted octanol–water partition coefficient (Wildman–Crippen LogP) is 2.62. The fourth-order valence-corrected chi connectivity index (χ4v) is 1.00. The summed E-state index contributed by atoms with van der Waals surface area (Å²) in [5.74, 6) is 0.209. The van der Waals surface area contributed by atoms with Gasteiger partial charge in [-0.2, -0.15) is 0 Å². The molecule has 0 aliphatic rings. The number of aromatic hydroxyl groups is 1. The largest absolute Gasteiger partial charge is 0.508 e. The topological polar surface area (TPSA) is 20.2 Å². The summed E-state index contributed by atoms with van der Waals surface area (Å²) >= 11 is 5.65. The van der Waals surface area contributed by atoms with Gasteiger partial charge in [-0.1, -0.05) is 18.5 Å². The standard InChI is InChI=1S/C8H8ClO/c1-2-6-3-7(9)5-8(10)4-6/h2-5,10H,1H3. The first-order valence-corrected chi connectivity index (χ1v) is 3.39. The minimum Gasteiger partial charge on any atom is -0.508 e. The molecule has 0 bridgehead atoms. The molecule has 1 N–H and O–H groups in total. The van der Waals surface area contributed by atoms with E-state index in [-0.39, 0.29) is 5.75 Å². The summed E-state index contributed by atoms with van der Waals surface area (Å²) in [6.07, 6.45) is 1.88. The maximum atomic E-state index is 9.02. The average molecular weight is 156 g/mol. The summed E-state index contributed by atoms with van der Waals surface area (Å²) in [4.78, 5) is 0. The molecule has 10 heavy (non-hydrogen) atoms. The summed E-state index contributed by atoms with van der Waals surface area (Å²) in [5, 5.41) is 9.58. The van der Waals surface area contributed by atoms with E-state index in [0.717, 1.165) is 5.56 Å². The molecule has 0 unspecified atom stereocenters. The van der Waals surface area contributed by atoms with Gasteiger partial charge in [-0.15, -0.1) is 0 Å². The van der Waals surface area contributed by atoms with E-state index in [1.807, 2.05) is 13.3 Å². The normalized spacial score (nSPS) is 9.80. The molecule has 1 nitrogen and oxygen atoms in total. The second-order valence-corrected chi connectivity index (χ2v) is 2.47. The molecule has 1 rings (SSSR count). The summed E-state index contributed by atoms with van der Waals surface area (Å²) in [6, 6.07) is 4.96. The maximum absolute atomic E-state index is 9.02. The molecular formula is C8H8ClO. The van der Waals surface area contributed by atoms with Crippen molar-refractivity contribution in [2.24, 2.45) is 0 Å². The fourth-order valence-electron chi connectivity index (χ4n) is 0.763.